The highest BCUT2D eigenvalue weighted by Crippen LogP contribution is 2.37. The van der Waals surface area contributed by atoms with Gasteiger partial charge in [-0.3, -0.25) is 9.59 Å². The molecule has 0 unspecified atom stereocenters. The molecule has 0 aromatic heterocycles. The Balaban J connectivity index is 1.99. The molecule has 5 atom stereocenters. The number of carbonyl (C=O) groups is 3. The van der Waals surface area contributed by atoms with E-state index in [2.05, 4.69) is 45.8 Å². The van der Waals surface area contributed by atoms with Crippen molar-refractivity contribution in [2.45, 2.75) is 70.5 Å². The minimum atomic E-state index is -1.98. The number of hydrogen-bond acceptors (Lipinski definition) is 7. The molecular weight excluding hydrogens is 406 g/mol. The first kappa shape index (κ1) is 24.6. The standard InChI is InChI=1S/C21H35NO7Si/c1-8-10-27-20(25)29-13(2)15-16(22-19(15)24)18-17(23)14(9-11-26-18)12-28-30(6,7)21(3,4)5/h8,13-16,18H,1,9-12H2,2-7H3,(H,22,24)/t13-,14-,15-,16+,18-/m1/s1. The van der Waals surface area contributed by atoms with E-state index in [1.54, 1.807) is 6.92 Å². The number of amides is 1. The van der Waals surface area contributed by atoms with Gasteiger partial charge in [-0.1, -0.05) is 33.4 Å². The zero-order valence-corrected chi connectivity index (χ0v) is 19.9. The maximum Gasteiger partial charge on any atom is 0.508 e. The molecule has 2 rings (SSSR count). The van der Waals surface area contributed by atoms with Crippen molar-refractivity contribution in [1.82, 2.24) is 5.32 Å². The molecular formula is C21H35NO7Si. The molecule has 2 aliphatic heterocycles. The molecule has 0 radical (unpaired) electrons. The van der Waals surface area contributed by atoms with Crippen molar-refractivity contribution >= 4 is 26.2 Å². The Kier molecular flexibility index (Phi) is 7.87. The van der Waals surface area contributed by atoms with E-state index in [1.807, 2.05) is 0 Å². The third-order valence-corrected chi connectivity index (χ3v) is 10.8. The number of carbonyl (C=O) groups excluding carboxylic acids is 3. The maximum absolute atomic E-state index is 13.1. The molecule has 2 fully saturated rings. The van der Waals surface area contributed by atoms with E-state index in [9.17, 15) is 14.4 Å². The van der Waals surface area contributed by atoms with Crippen LogP contribution in [0, 0.1) is 11.8 Å². The van der Waals surface area contributed by atoms with Crippen LogP contribution in [0.5, 0.6) is 0 Å². The summed E-state index contributed by atoms with van der Waals surface area (Å²) >= 11 is 0. The first-order chi connectivity index (χ1) is 13.9. The number of Topliss-reactive ketones (excluding diaryl/α,β-unsaturated/α-hetero) is 1. The quantitative estimate of drug-likeness (QED) is 0.267. The zero-order valence-electron chi connectivity index (χ0n) is 18.9. The van der Waals surface area contributed by atoms with E-state index in [-0.39, 0.29) is 29.3 Å². The number of nitrogens with one attached hydrogen (secondary N) is 1. The largest absolute Gasteiger partial charge is 0.508 e. The van der Waals surface area contributed by atoms with Crippen LogP contribution >= 0.6 is 0 Å². The summed E-state index contributed by atoms with van der Waals surface area (Å²) in [5.41, 5.74) is 0. The molecule has 0 aromatic rings. The predicted octanol–water partition coefficient (Wildman–Crippen LogP) is 2.82. The molecule has 30 heavy (non-hydrogen) atoms. The second kappa shape index (κ2) is 9.61. The van der Waals surface area contributed by atoms with Gasteiger partial charge in [-0.05, 0) is 31.5 Å². The summed E-state index contributed by atoms with van der Waals surface area (Å²) in [6.07, 6.45) is -0.385. The minimum absolute atomic E-state index is 0.0198. The second-order valence-electron chi connectivity index (χ2n) is 9.48. The van der Waals surface area contributed by atoms with Crippen molar-refractivity contribution in [2.75, 3.05) is 19.8 Å². The molecule has 9 heteroatoms. The highest BCUT2D eigenvalue weighted by Gasteiger charge is 2.53. The summed E-state index contributed by atoms with van der Waals surface area (Å²) in [5.74, 6) is -1.29. The van der Waals surface area contributed by atoms with E-state index in [0.29, 0.717) is 19.6 Å². The Hall–Kier alpha value is -1.71. The summed E-state index contributed by atoms with van der Waals surface area (Å²) < 4.78 is 22.0. The van der Waals surface area contributed by atoms with Crippen LogP contribution < -0.4 is 5.32 Å². The van der Waals surface area contributed by atoms with Crippen LogP contribution in [0.4, 0.5) is 4.79 Å². The average molecular weight is 442 g/mol. The van der Waals surface area contributed by atoms with Crippen LogP contribution in [0.15, 0.2) is 12.7 Å². The fraction of sp³-hybridized carbons (Fsp3) is 0.762. The van der Waals surface area contributed by atoms with Crippen LogP contribution in [0.2, 0.25) is 18.1 Å². The van der Waals surface area contributed by atoms with Crippen molar-refractivity contribution in [2.24, 2.45) is 11.8 Å². The first-order valence-electron chi connectivity index (χ1n) is 10.4. The van der Waals surface area contributed by atoms with Gasteiger partial charge in [-0.25, -0.2) is 4.79 Å². The lowest BCUT2D eigenvalue weighted by atomic mass is 9.78. The third kappa shape index (κ3) is 5.50. The van der Waals surface area contributed by atoms with Gasteiger partial charge in [0.2, 0.25) is 5.91 Å². The van der Waals surface area contributed by atoms with Crippen molar-refractivity contribution in [3.05, 3.63) is 12.7 Å². The van der Waals surface area contributed by atoms with E-state index >= 15 is 0 Å². The monoisotopic (exact) mass is 441 g/mol. The van der Waals surface area contributed by atoms with Crippen molar-refractivity contribution in [3.63, 3.8) is 0 Å². The van der Waals surface area contributed by atoms with Gasteiger partial charge in [0.05, 0.1) is 12.0 Å². The van der Waals surface area contributed by atoms with Crippen molar-refractivity contribution in [1.29, 1.82) is 0 Å². The Bertz CT molecular complexity index is 673. The first-order valence-corrected chi connectivity index (χ1v) is 13.3. The van der Waals surface area contributed by atoms with Gasteiger partial charge in [-0.15, -0.1) is 0 Å². The number of rotatable bonds is 8. The number of hydrogen-bond donors (Lipinski definition) is 1. The topological polar surface area (TPSA) is 100 Å². The van der Waals surface area contributed by atoms with E-state index in [4.69, 9.17) is 18.6 Å². The van der Waals surface area contributed by atoms with Gasteiger partial charge >= 0.3 is 6.16 Å². The lowest BCUT2D eigenvalue weighted by molar-refractivity contribution is -0.161. The molecule has 2 saturated heterocycles. The molecule has 0 spiro atoms. The number of β-lactam (4-membered cyclic amide) rings is 1. The molecule has 0 aromatic carbocycles. The van der Waals surface area contributed by atoms with E-state index in [1.165, 1.54) is 6.08 Å². The summed E-state index contributed by atoms with van der Waals surface area (Å²) in [6.45, 7) is 16.6. The lowest BCUT2D eigenvalue weighted by Crippen LogP contribution is -2.69. The second-order valence-corrected chi connectivity index (χ2v) is 14.3. The molecule has 2 aliphatic rings. The van der Waals surface area contributed by atoms with E-state index in [0.717, 1.165) is 0 Å². The molecule has 170 valence electrons. The molecule has 0 bridgehead atoms. The van der Waals surface area contributed by atoms with Crippen LogP contribution in [-0.4, -0.2) is 64.2 Å². The van der Waals surface area contributed by atoms with Crippen molar-refractivity contribution in [3.8, 4) is 0 Å². The number of ketones is 1. The summed E-state index contributed by atoms with van der Waals surface area (Å²) in [7, 11) is -1.98. The molecule has 1 amide bonds. The Morgan fingerprint density at radius 3 is 2.60 bits per heavy atom. The van der Waals surface area contributed by atoms with E-state index < -0.39 is 38.6 Å². The summed E-state index contributed by atoms with van der Waals surface area (Å²) in [4.78, 5) is 36.9. The van der Waals surface area contributed by atoms with Crippen molar-refractivity contribution < 1.29 is 33.0 Å². The minimum Gasteiger partial charge on any atom is -0.430 e. The van der Waals surface area contributed by atoms with Gasteiger partial charge in [0.15, 0.2) is 14.1 Å². The molecule has 0 aliphatic carbocycles. The zero-order chi connectivity index (χ0) is 22.7. The van der Waals surface area contributed by atoms with Gasteiger partial charge in [0.25, 0.3) is 0 Å². The fourth-order valence-corrected chi connectivity index (χ4v) is 4.39. The van der Waals surface area contributed by atoms with Crippen LogP contribution in [-0.2, 0) is 28.2 Å². The predicted molar refractivity (Wildman–Crippen MR) is 114 cm³/mol. The highest BCUT2D eigenvalue weighted by atomic mass is 28.4. The van der Waals surface area contributed by atoms with Gasteiger partial charge in [0, 0.05) is 19.1 Å². The molecule has 8 nitrogen and oxygen atoms in total. The molecule has 2 heterocycles. The van der Waals surface area contributed by atoms with Crippen LogP contribution in [0.1, 0.15) is 34.1 Å². The Morgan fingerprint density at radius 1 is 1.37 bits per heavy atom. The van der Waals surface area contributed by atoms with Crippen LogP contribution in [0.3, 0.4) is 0 Å². The van der Waals surface area contributed by atoms with Gasteiger partial charge in [-0.2, -0.15) is 0 Å². The van der Waals surface area contributed by atoms with Gasteiger partial charge in [0.1, 0.15) is 18.8 Å². The smallest absolute Gasteiger partial charge is 0.430 e. The van der Waals surface area contributed by atoms with Crippen LogP contribution in [0.25, 0.3) is 0 Å². The maximum atomic E-state index is 13.1. The normalized spacial score (nSPS) is 28.2. The molecule has 0 saturated carbocycles. The Morgan fingerprint density at radius 2 is 2.03 bits per heavy atom. The average Bonchev–Trinajstić information content (AvgIpc) is 2.62. The summed E-state index contributed by atoms with van der Waals surface area (Å²) in [5, 5.41) is 2.80. The number of ether oxygens (including phenoxy) is 3. The fourth-order valence-electron chi connectivity index (χ4n) is 3.34. The third-order valence-electron chi connectivity index (χ3n) is 6.33. The molecule has 1 N–H and O–H groups in total. The highest BCUT2D eigenvalue weighted by molar-refractivity contribution is 6.74. The van der Waals surface area contributed by atoms with Gasteiger partial charge < -0.3 is 24.0 Å². The lowest BCUT2D eigenvalue weighted by Gasteiger charge is -2.45. The Labute approximate surface area is 179 Å². The SMILES string of the molecule is C=CCOC(=O)O[C@H](C)[C@H]1C(=O)N[C@@H]1[C@H]1OCC[C@H](CO[Si](C)(C)C(C)(C)C)C1=O. The summed E-state index contributed by atoms with van der Waals surface area (Å²) in [6, 6.07) is -0.539.